The molecule has 1 fully saturated rings. The van der Waals surface area contributed by atoms with Gasteiger partial charge in [-0.3, -0.25) is 9.79 Å². The maximum atomic E-state index is 12.1. The second-order valence-corrected chi connectivity index (χ2v) is 6.69. The van der Waals surface area contributed by atoms with E-state index < -0.39 is 6.36 Å². The molecular weight excluding hydrogens is 375 g/mol. The molecule has 5 N–H and O–H groups in total. The minimum atomic E-state index is -4.72. The van der Waals surface area contributed by atoms with Gasteiger partial charge in [0.15, 0.2) is 5.96 Å². The minimum Gasteiger partial charge on any atom is -0.406 e. The average Bonchev–Trinajstić information content (AvgIpc) is 2.62. The van der Waals surface area contributed by atoms with Crippen molar-refractivity contribution in [3.8, 4) is 5.75 Å². The van der Waals surface area contributed by atoms with Gasteiger partial charge in [0.2, 0.25) is 5.91 Å². The Bertz CT molecular complexity index is 656. The zero-order valence-corrected chi connectivity index (χ0v) is 15.5. The number of likely N-dealkylation sites (tertiary alicyclic amines) is 1. The quantitative estimate of drug-likeness (QED) is 0.352. The summed E-state index contributed by atoms with van der Waals surface area (Å²) in [7, 11) is 0. The first-order chi connectivity index (χ1) is 13.2. The van der Waals surface area contributed by atoms with E-state index in [1.54, 1.807) is 0 Å². The number of amides is 1. The van der Waals surface area contributed by atoms with Crippen LogP contribution in [0.2, 0.25) is 0 Å². The molecule has 0 atom stereocenters. The summed E-state index contributed by atoms with van der Waals surface area (Å²) in [6.07, 6.45) is -1.26. The Morgan fingerprint density at radius 3 is 2.39 bits per heavy atom. The summed E-state index contributed by atoms with van der Waals surface area (Å²) < 4.78 is 40.2. The van der Waals surface area contributed by atoms with Crippen molar-refractivity contribution >= 4 is 17.6 Å². The van der Waals surface area contributed by atoms with Gasteiger partial charge in [-0.25, -0.2) is 0 Å². The third kappa shape index (κ3) is 8.03. The topological polar surface area (TPSA) is 106 Å². The van der Waals surface area contributed by atoms with Crippen molar-refractivity contribution in [2.75, 3.05) is 31.5 Å². The number of halogens is 3. The van der Waals surface area contributed by atoms with Crippen LogP contribution < -0.4 is 21.5 Å². The van der Waals surface area contributed by atoms with Crippen LogP contribution >= 0.6 is 0 Å². The van der Waals surface area contributed by atoms with E-state index in [1.807, 2.05) is 0 Å². The number of alkyl halides is 3. The molecule has 0 radical (unpaired) electrons. The lowest BCUT2D eigenvalue weighted by Crippen LogP contribution is -2.38. The Balaban J connectivity index is 1.63. The van der Waals surface area contributed by atoms with Crippen LogP contribution in [-0.2, 0) is 4.79 Å². The van der Waals surface area contributed by atoms with Crippen LogP contribution in [-0.4, -0.2) is 49.3 Å². The normalized spacial score (nSPS) is 16.8. The van der Waals surface area contributed by atoms with Crippen molar-refractivity contribution in [1.82, 2.24) is 4.90 Å². The number of nitrogens with one attached hydrogen (secondary N) is 1. The first-order valence-corrected chi connectivity index (χ1v) is 9.17. The van der Waals surface area contributed by atoms with Crippen molar-refractivity contribution < 1.29 is 22.7 Å². The minimum absolute atomic E-state index is 0.000753. The van der Waals surface area contributed by atoms with Gasteiger partial charge in [-0.2, -0.15) is 0 Å². The number of nitrogens with zero attached hydrogens (tertiary/aromatic N) is 2. The van der Waals surface area contributed by atoms with Gasteiger partial charge in [0, 0.05) is 18.2 Å². The van der Waals surface area contributed by atoms with E-state index in [1.165, 1.54) is 24.3 Å². The maximum absolute atomic E-state index is 12.1. The fraction of sp³-hybridized carbons (Fsp3) is 0.556. The fourth-order valence-corrected chi connectivity index (χ4v) is 3.02. The third-order valence-electron chi connectivity index (χ3n) is 4.51. The van der Waals surface area contributed by atoms with Crippen LogP contribution in [0.25, 0.3) is 0 Å². The van der Waals surface area contributed by atoms with Gasteiger partial charge in [0.1, 0.15) is 5.75 Å². The standard InChI is InChI=1S/C18H26F3N5O2/c19-18(20,21)28-15-5-3-14(4-6-15)25-17(23)24-9-1-2-10-26-11-7-13(8-12-26)16(22)27/h3-6,13H,1-2,7-12H2,(H2,22,27)(H3,23,24,25). The van der Waals surface area contributed by atoms with E-state index in [2.05, 4.69) is 19.9 Å². The highest BCUT2D eigenvalue weighted by molar-refractivity contribution is 5.92. The zero-order valence-electron chi connectivity index (χ0n) is 15.5. The van der Waals surface area contributed by atoms with Crippen molar-refractivity contribution in [2.24, 2.45) is 22.4 Å². The molecule has 1 saturated heterocycles. The maximum Gasteiger partial charge on any atom is 0.573 e. The van der Waals surface area contributed by atoms with E-state index in [0.717, 1.165) is 45.3 Å². The predicted octanol–water partition coefficient (Wildman–Crippen LogP) is 2.29. The lowest BCUT2D eigenvalue weighted by molar-refractivity contribution is -0.274. The number of hydrogen-bond acceptors (Lipinski definition) is 4. The van der Waals surface area contributed by atoms with Gasteiger partial charge in [0.05, 0.1) is 0 Å². The number of hydrogen-bond donors (Lipinski definition) is 3. The fourth-order valence-electron chi connectivity index (χ4n) is 3.02. The first kappa shape index (κ1) is 21.8. The van der Waals surface area contributed by atoms with Crippen molar-refractivity contribution in [3.05, 3.63) is 24.3 Å². The molecule has 10 heteroatoms. The van der Waals surface area contributed by atoms with Crippen molar-refractivity contribution in [3.63, 3.8) is 0 Å². The van der Waals surface area contributed by atoms with Crippen LogP contribution in [0.3, 0.4) is 0 Å². The SMILES string of the molecule is NC(=O)C1CCN(CCCCN=C(N)Nc2ccc(OC(F)(F)F)cc2)CC1. The molecule has 1 aliphatic heterocycles. The van der Waals surface area contributed by atoms with E-state index >= 15 is 0 Å². The largest absolute Gasteiger partial charge is 0.573 e. The number of ether oxygens (including phenoxy) is 1. The summed E-state index contributed by atoms with van der Waals surface area (Å²) in [5.74, 6) is -0.305. The smallest absolute Gasteiger partial charge is 0.406 e. The molecular formula is C18H26F3N5O2. The number of rotatable bonds is 8. The number of carbonyl (C=O) groups is 1. The Morgan fingerprint density at radius 2 is 1.82 bits per heavy atom. The first-order valence-electron chi connectivity index (χ1n) is 9.17. The second kappa shape index (κ2) is 10.2. The number of guanidine groups is 1. The monoisotopic (exact) mass is 401 g/mol. The molecule has 0 saturated carbocycles. The molecule has 0 spiro atoms. The average molecular weight is 401 g/mol. The zero-order chi connectivity index (χ0) is 20.6. The van der Waals surface area contributed by atoms with E-state index in [0.29, 0.717) is 12.2 Å². The Kier molecular flexibility index (Phi) is 7.91. The highest BCUT2D eigenvalue weighted by Gasteiger charge is 2.30. The van der Waals surface area contributed by atoms with E-state index in [-0.39, 0.29) is 23.5 Å². The lowest BCUT2D eigenvalue weighted by Gasteiger charge is -2.30. The summed E-state index contributed by atoms with van der Waals surface area (Å²) in [5.41, 5.74) is 11.6. The molecule has 156 valence electrons. The Hall–Kier alpha value is -2.49. The molecule has 2 rings (SSSR count). The van der Waals surface area contributed by atoms with Crippen LogP contribution in [0.5, 0.6) is 5.75 Å². The van der Waals surface area contributed by atoms with Crippen molar-refractivity contribution in [1.29, 1.82) is 0 Å². The van der Waals surface area contributed by atoms with Gasteiger partial charge in [-0.1, -0.05) is 0 Å². The summed E-state index contributed by atoms with van der Waals surface area (Å²) in [4.78, 5) is 17.7. The molecule has 0 aliphatic carbocycles. The summed E-state index contributed by atoms with van der Waals surface area (Å²) >= 11 is 0. The molecule has 7 nitrogen and oxygen atoms in total. The third-order valence-corrected chi connectivity index (χ3v) is 4.51. The number of aliphatic imine (C=N–C) groups is 1. The molecule has 0 aromatic heterocycles. The molecule has 1 aromatic rings. The molecule has 0 bridgehead atoms. The van der Waals surface area contributed by atoms with Crippen molar-refractivity contribution in [2.45, 2.75) is 32.0 Å². The van der Waals surface area contributed by atoms with Crippen LogP contribution in [0.4, 0.5) is 18.9 Å². The van der Waals surface area contributed by atoms with Gasteiger partial charge < -0.3 is 26.4 Å². The number of anilines is 1. The summed E-state index contributed by atoms with van der Waals surface area (Å²) in [6.45, 7) is 3.25. The van der Waals surface area contributed by atoms with E-state index in [9.17, 15) is 18.0 Å². The number of unbranched alkanes of at least 4 members (excludes halogenated alkanes) is 1. The molecule has 1 aromatic carbocycles. The second-order valence-electron chi connectivity index (χ2n) is 6.69. The van der Waals surface area contributed by atoms with Crippen LogP contribution in [0.15, 0.2) is 29.3 Å². The highest BCUT2D eigenvalue weighted by Crippen LogP contribution is 2.23. The predicted molar refractivity (Wildman–Crippen MR) is 101 cm³/mol. The van der Waals surface area contributed by atoms with Gasteiger partial charge in [-0.05, 0) is 69.6 Å². The summed E-state index contributed by atoms with van der Waals surface area (Å²) in [5, 5.41) is 2.82. The number of carbonyl (C=O) groups excluding carboxylic acids is 1. The molecule has 28 heavy (non-hydrogen) atoms. The van der Waals surface area contributed by atoms with Gasteiger partial charge in [0.25, 0.3) is 0 Å². The van der Waals surface area contributed by atoms with Crippen LogP contribution in [0, 0.1) is 5.92 Å². The van der Waals surface area contributed by atoms with E-state index in [4.69, 9.17) is 11.5 Å². The molecule has 1 heterocycles. The van der Waals surface area contributed by atoms with Crippen LogP contribution in [0.1, 0.15) is 25.7 Å². The number of benzene rings is 1. The Morgan fingerprint density at radius 1 is 1.18 bits per heavy atom. The number of nitrogens with two attached hydrogens (primary N) is 2. The lowest BCUT2D eigenvalue weighted by atomic mass is 9.96. The summed E-state index contributed by atoms with van der Waals surface area (Å²) in [6, 6.07) is 5.26. The number of piperidine rings is 1. The highest BCUT2D eigenvalue weighted by atomic mass is 19.4. The molecule has 1 aliphatic rings. The molecule has 0 unspecified atom stereocenters. The number of primary amides is 1. The van der Waals surface area contributed by atoms with Gasteiger partial charge in [-0.15, -0.1) is 13.2 Å². The Labute approximate surface area is 161 Å². The molecule has 1 amide bonds. The van der Waals surface area contributed by atoms with Gasteiger partial charge >= 0.3 is 6.36 Å².